The summed E-state index contributed by atoms with van der Waals surface area (Å²) in [5.74, 6) is 1.89. The monoisotopic (exact) mass is 280 g/mol. The van der Waals surface area contributed by atoms with Gasteiger partial charge >= 0.3 is 0 Å². The van der Waals surface area contributed by atoms with E-state index in [9.17, 15) is 0 Å². The van der Waals surface area contributed by atoms with Gasteiger partial charge in [-0.2, -0.15) is 0 Å². The van der Waals surface area contributed by atoms with Crippen LogP contribution in [-0.4, -0.2) is 37.1 Å². The molecule has 1 N–H and O–H groups in total. The largest absolute Gasteiger partial charge is 0.312 e. The van der Waals surface area contributed by atoms with E-state index in [4.69, 9.17) is 0 Å². The molecule has 2 rings (SSSR count). The molecular formula is C18H36N2. The Morgan fingerprint density at radius 1 is 1.00 bits per heavy atom. The summed E-state index contributed by atoms with van der Waals surface area (Å²) in [5, 5.41) is 3.92. The van der Waals surface area contributed by atoms with Gasteiger partial charge < -0.3 is 10.2 Å². The van der Waals surface area contributed by atoms with E-state index in [2.05, 4.69) is 24.1 Å². The Balaban J connectivity index is 1.73. The Labute approximate surface area is 126 Å². The minimum atomic E-state index is 0.757. The minimum absolute atomic E-state index is 0.757. The number of piperidine rings is 1. The summed E-state index contributed by atoms with van der Waals surface area (Å²) in [6, 6.07) is 0.757. The Bertz CT molecular complexity index is 248. The van der Waals surface area contributed by atoms with Crippen LogP contribution in [0, 0.1) is 11.8 Å². The van der Waals surface area contributed by atoms with Crippen molar-refractivity contribution >= 4 is 0 Å². The number of rotatable bonds is 7. The molecule has 118 valence electrons. The van der Waals surface area contributed by atoms with E-state index < -0.39 is 0 Å². The zero-order valence-electron chi connectivity index (χ0n) is 13.9. The molecule has 20 heavy (non-hydrogen) atoms. The molecule has 1 aliphatic carbocycles. The molecule has 1 heterocycles. The average Bonchev–Trinajstić information content (AvgIpc) is 2.51. The molecule has 2 aliphatic rings. The van der Waals surface area contributed by atoms with Gasteiger partial charge in [0.1, 0.15) is 0 Å². The van der Waals surface area contributed by atoms with Crippen LogP contribution in [0.25, 0.3) is 0 Å². The first-order valence-electron chi connectivity index (χ1n) is 9.27. The second-order valence-electron chi connectivity index (χ2n) is 7.23. The third-order valence-electron chi connectivity index (χ3n) is 5.44. The molecule has 2 atom stereocenters. The quantitative estimate of drug-likeness (QED) is 0.756. The molecule has 0 aromatic heterocycles. The number of nitrogens with zero attached hydrogens (tertiary/aromatic N) is 1. The summed E-state index contributed by atoms with van der Waals surface area (Å²) in [7, 11) is 0. The van der Waals surface area contributed by atoms with Gasteiger partial charge in [-0.25, -0.2) is 0 Å². The molecule has 0 amide bonds. The van der Waals surface area contributed by atoms with Crippen LogP contribution in [0.2, 0.25) is 0 Å². The van der Waals surface area contributed by atoms with E-state index in [0.717, 1.165) is 17.9 Å². The van der Waals surface area contributed by atoms with Gasteiger partial charge in [0.25, 0.3) is 0 Å². The first kappa shape index (κ1) is 16.3. The highest BCUT2D eigenvalue weighted by molar-refractivity contribution is 4.84. The van der Waals surface area contributed by atoms with Crippen molar-refractivity contribution in [1.82, 2.24) is 10.2 Å². The molecule has 1 saturated heterocycles. The summed E-state index contributed by atoms with van der Waals surface area (Å²) >= 11 is 0. The summed E-state index contributed by atoms with van der Waals surface area (Å²) in [4.78, 5) is 2.72. The van der Waals surface area contributed by atoms with Crippen molar-refractivity contribution in [3.05, 3.63) is 0 Å². The van der Waals surface area contributed by atoms with Gasteiger partial charge in [-0.05, 0) is 50.6 Å². The SMILES string of the molecule is CCCCN1CC(CC)CC(NCC2CCCCC2)C1. The van der Waals surface area contributed by atoms with Crippen LogP contribution in [0.5, 0.6) is 0 Å². The molecule has 2 fully saturated rings. The lowest BCUT2D eigenvalue weighted by atomic mass is 9.88. The summed E-state index contributed by atoms with van der Waals surface area (Å²) in [5.41, 5.74) is 0. The number of nitrogens with one attached hydrogen (secondary N) is 1. The standard InChI is InChI=1S/C18H36N2/c1-3-5-11-20-14-16(4-2)12-18(15-20)19-13-17-9-7-6-8-10-17/h16-19H,3-15H2,1-2H3. The zero-order valence-corrected chi connectivity index (χ0v) is 13.9. The maximum Gasteiger partial charge on any atom is 0.0198 e. The van der Waals surface area contributed by atoms with Crippen LogP contribution in [-0.2, 0) is 0 Å². The van der Waals surface area contributed by atoms with Gasteiger partial charge in [-0.3, -0.25) is 0 Å². The third kappa shape index (κ3) is 5.37. The molecule has 0 aromatic carbocycles. The van der Waals surface area contributed by atoms with Crippen LogP contribution >= 0.6 is 0 Å². The van der Waals surface area contributed by atoms with Crippen molar-refractivity contribution in [1.29, 1.82) is 0 Å². The predicted molar refractivity (Wildman–Crippen MR) is 88.1 cm³/mol. The predicted octanol–water partition coefficient (Wildman–Crippen LogP) is 4.06. The topological polar surface area (TPSA) is 15.3 Å². The fraction of sp³-hybridized carbons (Fsp3) is 1.00. The Morgan fingerprint density at radius 3 is 2.50 bits per heavy atom. The van der Waals surface area contributed by atoms with Crippen LogP contribution in [0.1, 0.15) is 71.6 Å². The molecule has 0 radical (unpaired) electrons. The summed E-state index contributed by atoms with van der Waals surface area (Å²) in [6.07, 6.45) is 12.8. The lowest BCUT2D eigenvalue weighted by Crippen LogP contribution is -2.50. The van der Waals surface area contributed by atoms with E-state index in [1.165, 1.54) is 84.0 Å². The van der Waals surface area contributed by atoms with Gasteiger partial charge in [0, 0.05) is 19.1 Å². The van der Waals surface area contributed by atoms with Gasteiger partial charge in [0.05, 0.1) is 0 Å². The van der Waals surface area contributed by atoms with Gasteiger partial charge in [-0.15, -0.1) is 0 Å². The molecular weight excluding hydrogens is 244 g/mol. The second kappa shape index (κ2) is 9.04. The van der Waals surface area contributed by atoms with Crippen LogP contribution in [0.3, 0.4) is 0 Å². The zero-order chi connectivity index (χ0) is 14.2. The van der Waals surface area contributed by atoms with Crippen LogP contribution < -0.4 is 5.32 Å². The van der Waals surface area contributed by atoms with Crippen molar-refractivity contribution in [3.8, 4) is 0 Å². The Hall–Kier alpha value is -0.0800. The van der Waals surface area contributed by atoms with E-state index in [1.807, 2.05) is 0 Å². The van der Waals surface area contributed by atoms with Crippen LogP contribution in [0.15, 0.2) is 0 Å². The highest BCUT2D eigenvalue weighted by Crippen LogP contribution is 2.24. The lowest BCUT2D eigenvalue weighted by Gasteiger charge is -2.38. The molecule has 0 spiro atoms. The molecule has 2 unspecified atom stereocenters. The van der Waals surface area contributed by atoms with Crippen molar-refractivity contribution in [2.24, 2.45) is 11.8 Å². The highest BCUT2D eigenvalue weighted by Gasteiger charge is 2.26. The van der Waals surface area contributed by atoms with Crippen LogP contribution in [0.4, 0.5) is 0 Å². The summed E-state index contributed by atoms with van der Waals surface area (Å²) in [6.45, 7) is 9.91. The average molecular weight is 280 g/mol. The van der Waals surface area contributed by atoms with E-state index in [1.54, 1.807) is 0 Å². The lowest BCUT2D eigenvalue weighted by molar-refractivity contribution is 0.133. The fourth-order valence-corrected chi connectivity index (χ4v) is 4.04. The van der Waals surface area contributed by atoms with Crippen molar-refractivity contribution < 1.29 is 0 Å². The fourth-order valence-electron chi connectivity index (χ4n) is 4.04. The van der Waals surface area contributed by atoms with Gasteiger partial charge in [-0.1, -0.05) is 46.0 Å². The first-order chi connectivity index (χ1) is 9.81. The molecule has 1 saturated carbocycles. The number of hydrogen-bond donors (Lipinski definition) is 1. The highest BCUT2D eigenvalue weighted by atomic mass is 15.2. The van der Waals surface area contributed by atoms with Crippen molar-refractivity contribution in [3.63, 3.8) is 0 Å². The Kier molecular flexibility index (Phi) is 7.37. The smallest absolute Gasteiger partial charge is 0.0198 e. The van der Waals surface area contributed by atoms with E-state index in [0.29, 0.717) is 0 Å². The second-order valence-corrected chi connectivity index (χ2v) is 7.23. The van der Waals surface area contributed by atoms with Crippen molar-refractivity contribution in [2.45, 2.75) is 77.7 Å². The van der Waals surface area contributed by atoms with E-state index in [-0.39, 0.29) is 0 Å². The molecule has 2 nitrogen and oxygen atoms in total. The maximum atomic E-state index is 3.92. The Morgan fingerprint density at radius 2 is 1.80 bits per heavy atom. The number of likely N-dealkylation sites (tertiary alicyclic amines) is 1. The summed E-state index contributed by atoms with van der Waals surface area (Å²) < 4.78 is 0. The first-order valence-corrected chi connectivity index (χ1v) is 9.27. The van der Waals surface area contributed by atoms with Gasteiger partial charge in [0.2, 0.25) is 0 Å². The number of hydrogen-bond acceptors (Lipinski definition) is 2. The molecule has 2 heteroatoms. The molecule has 1 aliphatic heterocycles. The van der Waals surface area contributed by atoms with Crippen molar-refractivity contribution in [2.75, 3.05) is 26.2 Å². The normalized spacial score (nSPS) is 29.7. The number of unbranched alkanes of at least 4 members (excludes halogenated alkanes) is 1. The minimum Gasteiger partial charge on any atom is -0.312 e. The molecule has 0 aromatic rings. The van der Waals surface area contributed by atoms with Gasteiger partial charge in [0.15, 0.2) is 0 Å². The van der Waals surface area contributed by atoms with E-state index >= 15 is 0 Å². The maximum absolute atomic E-state index is 3.92. The molecule has 0 bridgehead atoms. The third-order valence-corrected chi connectivity index (χ3v) is 5.44.